The maximum absolute atomic E-state index is 12.9. The Morgan fingerprint density at radius 1 is 1.15 bits per heavy atom. The number of hydrogen-bond acceptors (Lipinski definition) is 5. The Kier molecular flexibility index (Phi) is 6.04. The second-order valence-corrected chi connectivity index (χ2v) is 8.06. The number of benzene rings is 1. The fraction of sp³-hybridized carbons (Fsp3) is 0.333. The van der Waals surface area contributed by atoms with Crippen molar-refractivity contribution in [2.75, 3.05) is 13.2 Å². The first kappa shape index (κ1) is 22.7. The fourth-order valence-electron chi connectivity index (χ4n) is 3.97. The summed E-state index contributed by atoms with van der Waals surface area (Å²) in [5.74, 6) is -0.179. The van der Waals surface area contributed by atoms with Crippen LogP contribution in [0.3, 0.4) is 0 Å². The van der Waals surface area contributed by atoms with E-state index in [2.05, 4.69) is 16.2 Å². The lowest BCUT2D eigenvalue weighted by Gasteiger charge is -2.30. The van der Waals surface area contributed by atoms with Crippen molar-refractivity contribution in [1.82, 2.24) is 14.8 Å². The normalized spacial score (nSPS) is 15.7. The van der Waals surface area contributed by atoms with Gasteiger partial charge in [-0.15, -0.1) is 0 Å². The van der Waals surface area contributed by atoms with Gasteiger partial charge in [0.2, 0.25) is 0 Å². The summed E-state index contributed by atoms with van der Waals surface area (Å²) in [7, 11) is 0. The van der Waals surface area contributed by atoms with Gasteiger partial charge in [0.05, 0.1) is 40.5 Å². The zero-order valence-electron chi connectivity index (χ0n) is 17.9. The molecule has 0 amide bonds. The fourth-order valence-corrected chi connectivity index (χ4v) is 3.97. The number of pyridine rings is 1. The molecule has 2 aromatic heterocycles. The molecule has 1 saturated heterocycles. The van der Waals surface area contributed by atoms with E-state index in [4.69, 9.17) is 4.74 Å². The van der Waals surface area contributed by atoms with Crippen LogP contribution in [0.5, 0.6) is 0 Å². The number of nitriles is 1. The van der Waals surface area contributed by atoms with E-state index in [1.165, 1.54) is 23.0 Å². The third kappa shape index (κ3) is 4.52. The third-order valence-corrected chi connectivity index (χ3v) is 5.99. The average molecular weight is 454 g/mol. The molecule has 4 rings (SSSR count). The predicted octanol–water partition coefficient (Wildman–Crippen LogP) is 4.59. The molecule has 0 N–H and O–H groups in total. The van der Waals surface area contributed by atoms with Gasteiger partial charge in [-0.2, -0.15) is 23.5 Å². The van der Waals surface area contributed by atoms with E-state index in [0.29, 0.717) is 54.3 Å². The molecule has 9 heteroatoms. The lowest BCUT2D eigenvalue weighted by molar-refractivity contribution is -0.137. The van der Waals surface area contributed by atoms with E-state index in [1.807, 2.05) is 0 Å². The summed E-state index contributed by atoms with van der Waals surface area (Å²) in [6.45, 7) is 2.72. The summed E-state index contributed by atoms with van der Waals surface area (Å²) in [6.07, 6.45) is -0.134. The van der Waals surface area contributed by atoms with Crippen LogP contribution in [-0.4, -0.2) is 33.8 Å². The first-order chi connectivity index (χ1) is 15.7. The highest BCUT2D eigenvalue weighted by molar-refractivity contribution is 5.98. The monoisotopic (exact) mass is 454 g/mol. The van der Waals surface area contributed by atoms with Gasteiger partial charge in [0.25, 0.3) is 0 Å². The van der Waals surface area contributed by atoms with Crippen molar-refractivity contribution in [3.63, 3.8) is 0 Å². The highest BCUT2D eigenvalue weighted by Gasteiger charge is 2.36. The van der Waals surface area contributed by atoms with Gasteiger partial charge < -0.3 is 4.74 Å². The number of halogens is 3. The topological polar surface area (TPSA) is 80.8 Å². The van der Waals surface area contributed by atoms with Crippen molar-refractivity contribution >= 4 is 5.78 Å². The van der Waals surface area contributed by atoms with Crippen LogP contribution in [0.4, 0.5) is 13.2 Å². The molecule has 0 saturated carbocycles. The summed E-state index contributed by atoms with van der Waals surface area (Å²) in [5.41, 5.74) is 1.32. The molecule has 6 nitrogen and oxygen atoms in total. The minimum absolute atomic E-state index is 0.0927. The van der Waals surface area contributed by atoms with Gasteiger partial charge in [0.15, 0.2) is 5.78 Å². The van der Waals surface area contributed by atoms with Crippen molar-refractivity contribution in [2.24, 2.45) is 0 Å². The Morgan fingerprint density at radius 2 is 1.85 bits per heavy atom. The van der Waals surface area contributed by atoms with Crippen molar-refractivity contribution < 1.29 is 22.7 Å². The second-order valence-electron chi connectivity index (χ2n) is 8.06. The predicted molar refractivity (Wildman–Crippen MR) is 113 cm³/mol. The van der Waals surface area contributed by atoms with Crippen molar-refractivity contribution in [3.05, 3.63) is 76.9 Å². The van der Waals surface area contributed by atoms with Crippen LogP contribution >= 0.6 is 0 Å². The van der Waals surface area contributed by atoms with Crippen LogP contribution in [0.25, 0.3) is 5.69 Å². The van der Waals surface area contributed by atoms with Crippen molar-refractivity contribution in [2.45, 2.75) is 37.8 Å². The van der Waals surface area contributed by atoms with Gasteiger partial charge in [-0.1, -0.05) is 6.07 Å². The number of carbonyl (C=O) groups excluding carboxylic acids is 1. The molecule has 3 aromatic rings. The van der Waals surface area contributed by atoms with E-state index in [1.54, 1.807) is 25.3 Å². The van der Waals surface area contributed by atoms with Gasteiger partial charge in [-0.05, 0) is 55.7 Å². The van der Waals surface area contributed by atoms with E-state index in [9.17, 15) is 23.2 Å². The van der Waals surface area contributed by atoms with Gasteiger partial charge >= 0.3 is 6.18 Å². The molecule has 1 aliphatic rings. The first-order valence-electron chi connectivity index (χ1n) is 10.4. The summed E-state index contributed by atoms with van der Waals surface area (Å²) in [6, 6.07) is 10.6. The van der Waals surface area contributed by atoms with E-state index < -0.39 is 17.2 Å². The number of aromatic nitrogens is 3. The third-order valence-electron chi connectivity index (χ3n) is 5.99. The molecule has 1 aliphatic heterocycles. The van der Waals surface area contributed by atoms with Gasteiger partial charge in [0, 0.05) is 25.8 Å². The zero-order chi connectivity index (χ0) is 23.6. The lowest BCUT2D eigenvalue weighted by Crippen LogP contribution is -2.33. The second kappa shape index (κ2) is 8.79. The Bertz CT molecular complexity index is 1190. The smallest absolute Gasteiger partial charge is 0.381 e. The van der Waals surface area contributed by atoms with Crippen LogP contribution in [0, 0.1) is 18.3 Å². The van der Waals surface area contributed by atoms with Gasteiger partial charge in [-0.25, -0.2) is 4.68 Å². The summed E-state index contributed by atoms with van der Waals surface area (Å²) < 4.78 is 45.2. The molecule has 1 fully saturated rings. The average Bonchev–Trinajstić information content (AvgIpc) is 3.21. The van der Waals surface area contributed by atoms with Crippen molar-refractivity contribution in [1.29, 1.82) is 5.26 Å². The number of hydrogen-bond donors (Lipinski definition) is 0. The Morgan fingerprint density at radius 3 is 2.42 bits per heavy atom. The standard InChI is InChI=1S/C24H21F3N4O2/c1-16-20(14-30-31(16)19-5-3-18(4-6-19)24(25,26)27)21(32)12-17-2-7-22(29-13-17)23(15-28)8-10-33-11-9-23/h2-7,13-14H,8-12H2,1H3. The molecular weight excluding hydrogens is 433 g/mol. The largest absolute Gasteiger partial charge is 0.416 e. The number of rotatable bonds is 5. The maximum Gasteiger partial charge on any atom is 0.416 e. The van der Waals surface area contributed by atoms with E-state index in [-0.39, 0.29) is 12.2 Å². The number of alkyl halides is 3. The first-order valence-corrected chi connectivity index (χ1v) is 10.4. The lowest BCUT2D eigenvalue weighted by atomic mass is 9.78. The molecular formula is C24H21F3N4O2. The summed E-state index contributed by atoms with van der Waals surface area (Å²) in [4.78, 5) is 17.3. The molecule has 170 valence electrons. The van der Waals surface area contributed by atoms with Crippen LogP contribution in [-0.2, 0) is 22.7 Å². The Labute approximate surface area is 188 Å². The Hall–Kier alpha value is -3.51. The molecule has 3 heterocycles. The molecule has 33 heavy (non-hydrogen) atoms. The molecule has 0 bridgehead atoms. The van der Waals surface area contributed by atoms with Crippen LogP contribution in [0.15, 0.2) is 48.8 Å². The van der Waals surface area contributed by atoms with Gasteiger partial charge in [-0.3, -0.25) is 9.78 Å². The number of carbonyl (C=O) groups is 1. The zero-order valence-corrected chi connectivity index (χ0v) is 17.9. The number of ketones is 1. The number of ether oxygens (including phenoxy) is 1. The number of Topliss-reactive ketones (excluding diaryl/α,β-unsaturated/α-hetero) is 1. The number of nitrogens with zero attached hydrogens (tertiary/aromatic N) is 4. The Balaban J connectivity index is 1.49. The molecule has 1 aromatic carbocycles. The quantitative estimate of drug-likeness (QED) is 0.527. The highest BCUT2D eigenvalue weighted by Crippen LogP contribution is 2.33. The van der Waals surface area contributed by atoms with Crippen molar-refractivity contribution in [3.8, 4) is 11.8 Å². The highest BCUT2D eigenvalue weighted by atomic mass is 19.4. The van der Waals surface area contributed by atoms with Crippen LogP contribution in [0.2, 0.25) is 0 Å². The molecule has 0 atom stereocenters. The molecule has 0 unspecified atom stereocenters. The van der Waals surface area contributed by atoms with Crippen LogP contribution < -0.4 is 0 Å². The summed E-state index contributed by atoms with van der Waals surface area (Å²) in [5, 5.41) is 13.9. The molecule has 0 aliphatic carbocycles. The SMILES string of the molecule is Cc1c(C(=O)Cc2ccc(C3(C#N)CCOCC3)nc2)cnn1-c1ccc(C(F)(F)F)cc1. The van der Waals surface area contributed by atoms with E-state index in [0.717, 1.165) is 12.1 Å². The maximum atomic E-state index is 12.9. The van der Waals surface area contributed by atoms with E-state index >= 15 is 0 Å². The molecule has 0 spiro atoms. The molecule has 0 radical (unpaired) electrons. The minimum Gasteiger partial charge on any atom is -0.381 e. The van der Waals surface area contributed by atoms with Crippen LogP contribution in [0.1, 0.15) is 45.7 Å². The minimum atomic E-state index is -4.42. The van der Waals surface area contributed by atoms with Gasteiger partial charge in [0.1, 0.15) is 5.41 Å². The summed E-state index contributed by atoms with van der Waals surface area (Å²) >= 11 is 0.